The number of hydrogen-bond acceptors (Lipinski definition) is 4. The van der Waals surface area contributed by atoms with Gasteiger partial charge in [-0.3, -0.25) is 4.79 Å². The summed E-state index contributed by atoms with van der Waals surface area (Å²) in [4.78, 5) is 27.8. The number of amides is 2. The minimum Gasteiger partial charge on any atom is -0.445 e. The number of hydrogen-bond donors (Lipinski definition) is 1. The second kappa shape index (κ2) is 10.5. The zero-order chi connectivity index (χ0) is 20.5. The molecule has 0 aliphatic carbocycles. The number of ether oxygens (including phenoxy) is 1. The minimum atomic E-state index is -0.486. The fraction of sp³-hybridized carbons (Fsp3) is 0.364. The van der Waals surface area contributed by atoms with Crippen molar-refractivity contribution in [3.05, 3.63) is 66.0 Å². The number of benzene rings is 2. The summed E-state index contributed by atoms with van der Waals surface area (Å²) in [5.41, 5.74) is 1.50. The maximum atomic E-state index is 13.9. The average molecular weight is 399 g/mol. The van der Waals surface area contributed by atoms with Gasteiger partial charge in [-0.05, 0) is 24.1 Å². The number of anilines is 1. The average Bonchev–Trinajstić information content (AvgIpc) is 2.76. The monoisotopic (exact) mass is 399 g/mol. The zero-order valence-electron chi connectivity index (χ0n) is 16.4. The summed E-state index contributed by atoms with van der Waals surface area (Å²) in [6.45, 7) is 2.96. The van der Waals surface area contributed by atoms with Gasteiger partial charge >= 0.3 is 6.09 Å². The minimum absolute atomic E-state index is 0.0534. The number of halogens is 1. The molecule has 7 heteroatoms. The molecule has 1 heterocycles. The number of rotatable bonds is 7. The van der Waals surface area contributed by atoms with Gasteiger partial charge in [0.1, 0.15) is 12.4 Å². The van der Waals surface area contributed by atoms with E-state index in [1.165, 1.54) is 6.07 Å². The fourth-order valence-corrected chi connectivity index (χ4v) is 3.27. The highest BCUT2D eigenvalue weighted by atomic mass is 19.1. The van der Waals surface area contributed by atoms with Gasteiger partial charge in [0, 0.05) is 39.1 Å². The van der Waals surface area contributed by atoms with Gasteiger partial charge in [-0.1, -0.05) is 42.5 Å². The van der Waals surface area contributed by atoms with Crippen LogP contribution in [-0.2, 0) is 16.1 Å². The van der Waals surface area contributed by atoms with E-state index in [4.69, 9.17) is 4.74 Å². The van der Waals surface area contributed by atoms with Crippen molar-refractivity contribution in [1.29, 1.82) is 0 Å². The Morgan fingerprint density at radius 2 is 1.66 bits per heavy atom. The highest BCUT2D eigenvalue weighted by Gasteiger charge is 2.22. The van der Waals surface area contributed by atoms with Crippen molar-refractivity contribution < 1.29 is 18.7 Å². The van der Waals surface area contributed by atoms with Crippen molar-refractivity contribution in [3.63, 3.8) is 0 Å². The van der Waals surface area contributed by atoms with Crippen LogP contribution < -0.4 is 10.2 Å². The lowest BCUT2D eigenvalue weighted by molar-refractivity contribution is -0.131. The lowest BCUT2D eigenvalue weighted by atomic mass is 10.2. The second-order valence-corrected chi connectivity index (χ2v) is 6.91. The quantitative estimate of drug-likeness (QED) is 0.727. The fourth-order valence-electron chi connectivity index (χ4n) is 3.27. The Hall–Kier alpha value is -3.09. The van der Waals surface area contributed by atoms with Gasteiger partial charge in [0.2, 0.25) is 5.91 Å². The third-order valence-corrected chi connectivity index (χ3v) is 4.88. The first kappa shape index (κ1) is 20.6. The molecule has 3 rings (SSSR count). The lowest BCUT2D eigenvalue weighted by Gasteiger charge is -2.36. The standard InChI is InChI=1S/C22H26FN3O3/c23-19-9-4-5-10-20(19)25-13-15-26(16-14-25)21(27)11-6-12-24-22(28)29-17-18-7-2-1-3-8-18/h1-5,7-10H,6,11-17H2,(H,24,28). The van der Waals surface area contributed by atoms with Crippen molar-refractivity contribution in [1.82, 2.24) is 10.2 Å². The number of para-hydroxylation sites is 1. The number of carbonyl (C=O) groups excluding carboxylic acids is 2. The van der Waals surface area contributed by atoms with E-state index >= 15 is 0 Å². The number of nitrogens with one attached hydrogen (secondary N) is 1. The molecule has 1 N–H and O–H groups in total. The first-order valence-electron chi connectivity index (χ1n) is 9.85. The molecular formula is C22H26FN3O3. The normalized spacial score (nSPS) is 13.8. The summed E-state index contributed by atoms with van der Waals surface area (Å²) in [6, 6.07) is 16.1. The predicted molar refractivity (Wildman–Crippen MR) is 109 cm³/mol. The van der Waals surface area contributed by atoms with Crippen molar-refractivity contribution in [2.75, 3.05) is 37.6 Å². The summed E-state index contributed by atoms with van der Waals surface area (Å²) in [5, 5.41) is 2.66. The molecule has 0 unspecified atom stereocenters. The molecule has 1 fully saturated rings. The molecule has 1 aliphatic rings. The van der Waals surface area contributed by atoms with E-state index in [2.05, 4.69) is 5.32 Å². The van der Waals surface area contributed by atoms with E-state index in [-0.39, 0.29) is 18.3 Å². The van der Waals surface area contributed by atoms with Gasteiger partial charge in [-0.25, -0.2) is 9.18 Å². The van der Waals surface area contributed by atoms with Gasteiger partial charge in [0.25, 0.3) is 0 Å². The second-order valence-electron chi connectivity index (χ2n) is 6.91. The summed E-state index contributed by atoms with van der Waals surface area (Å²) in [7, 11) is 0. The summed E-state index contributed by atoms with van der Waals surface area (Å²) in [5.74, 6) is -0.185. The Balaban J connectivity index is 1.30. The van der Waals surface area contributed by atoms with Crippen LogP contribution in [0.2, 0.25) is 0 Å². The van der Waals surface area contributed by atoms with E-state index in [1.54, 1.807) is 17.0 Å². The Morgan fingerprint density at radius 1 is 0.966 bits per heavy atom. The highest BCUT2D eigenvalue weighted by molar-refractivity contribution is 5.76. The maximum Gasteiger partial charge on any atom is 0.407 e. The molecule has 2 amide bonds. The molecule has 154 valence electrons. The SMILES string of the molecule is O=C(NCCCC(=O)N1CCN(c2ccccc2F)CC1)OCc1ccccc1. The molecule has 2 aromatic carbocycles. The van der Waals surface area contributed by atoms with Crippen LogP contribution in [0, 0.1) is 5.82 Å². The van der Waals surface area contributed by atoms with Crippen LogP contribution >= 0.6 is 0 Å². The summed E-state index contributed by atoms with van der Waals surface area (Å²) >= 11 is 0. The topological polar surface area (TPSA) is 61.9 Å². The molecule has 0 aromatic heterocycles. The van der Waals surface area contributed by atoms with Crippen LogP contribution in [0.1, 0.15) is 18.4 Å². The molecule has 1 saturated heterocycles. The van der Waals surface area contributed by atoms with E-state index in [9.17, 15) is 14.0 Å². The van der Waals surface area contributed by atoms with Gasteiger partial charge < -0.3 is 19.9 Å². The number of alkyl carbamates (subject to hydrolysis) is 1. The smallest absolute Gasteiger partial charge is 0.407 e. The summed E-state index contributed by atoms with van der Waals surface area (Å²) in [6.07, 6.45) is 0.422. The van der Waals surface area contributed by atoms with Crippen LogP contribution in [0.25, 0.3) is 0 Å². The lowest BCUT2D eigenvalue weighted by Crippen LogP contribution is -2.49. The Labute approximate surface area is 170 Å². The Morgan fingerprint density at radius 3 is 2.38 bits per heavy atom. The Bertz CT molecular complexity index is 808. The first-order chi connectivity index (χ1) is 14.1. The van der Waals surface area contributed by atoms with Crippen LogP contribution in [0.15, 0.2) is 54.6 Å². The maximum absolute atomic E-state index is 13.9. The van der Waals surface area contributed by atoms with E-state index in [1.807, 2.05) is 41.3 Å². The number of carbonyl (C=O) groups is 2. The van der Waals surface area contributed by atoms with Gasteiger partial charge in [-0.2, -0.15) is 0 Å². The first-order valence-corrected chi connectivity index (χ1v) is 9.85. The molecule has 6 nitrogen and oxygen atoms in total. The molecule has 0 saturated carbocycles. The van der Waals surface area contributed by atoms with Crippen LogP contribution in [0.4, 0.5) is 14.9 Å². The third kappa shape index (κ3) is 6.20. The van der Waals surface area contributed by atoms with Crippen molar-refractivity contribution >= 4 is 17.7 Å². The van der Waals surface area contributed by atoms with Crippen LogP contribution in [-0.4, -0.2) is 49.6 Å². The molecule has 0 atom stereocenters. The van der Waals surface area contributed by atoms with Crippen LogP contribution in [0.3, 0.4) is 0 Å². The molecule has 1 aliphatic heterocycles. The Kier molecular flexibility index (Phi) is 7.44. The largest absolute Gasteiger partial charge is 0.445 e. The number of nitrogens with zero attached hydrogens (tertiary/aromatic N) is 2. The van der Waals surface area contributed by atoms with Crippen molar-refractivity contribution in [2.45, 2.75) is 19.4 Å². The third-order valence-electron chi connectivity index (χ3n) is 4.88. The van der Waals surface area contributed by atoms with E-state index < -0.39 is 6.09 Å². The van der Waals surface area contributed by atoms with Crippen LogP contribution in [0.5, 0.6) is 0 Å². The van der Waals surface area contributed by atoms with E-state index in [0.717, 1.165) is 5.56 Å². The number of piperazine rings is 1. The van der Waals surface area contributed by atoms with Gasteiger partial charge in [-0.15, -0.1) is 0 Å². The molecule has 0 bridgehead atoms. The summed E-state index contributed by atoms with van der Waals surface area (Å²) < 4.78 is 19.0. The van der Waals surface area contributed by atoms with Crippen molar-refractivity contribution in [3.8, 4) is 0 Å². The molecule has 2 aromatic rings. The predicted octanol–water partition coefficient (Wildman–Crippen LogP) is 3.18. The molecular weight excluding hydrogens is 373 g/mol. The zero-order valence-corrected chi connectivity index (χ0v) is 16.4. The van der Waals surface area contributed by atoms with Gasteiger partial charge in [0.05, 0.1) is 5.69 Å². The van der Waals surface area contributed by atoms with Crippen molar-refractivity contribution in [2.24, 2.45) is 0 Å². The highest BCUT2D eigenvalue weighted by Crippen LogP contribution is 2.20. The van der Waals surface area contributed by atoms with Gasteiger partial charge in [0.15, 0.2) is 0 Å². The molecule has 0 spiro atoms. The molecule has 0 radical (unpaired) electrons. The molecule has 29 heavy (non-hydrogen) atoms. The van der Waals surface area contributed by atoms with E-state index in [0.29, 0.717) is 51.3 Å².